The highest BCUT2D eigenvalue weighted by molar-refractivity contribution is 8.06. The van der Waals surface area contributed by atoms with Crippen molar-refractivity contribution < 1.29 is 4.52 Å². The molecule has 1 N–H and O–H groups in total. The molecule has 0 aliphatic carbocycles. The van der Waals surface area contributed by atoms with Gasteiger partial charge in [-0.25, -0.2) is 0 Å². The van der Waals surface area contributed by atoms with Crippen LogP contribution < -0.4 is 5.32 Å². The summed E-state index contributed by atoms with van der Waals surface area (Å²) < 4.78 is 5.50. The second-order valence-corrected chi connectivity index (χ2v) is 8.17. The lowest BCUT2D eigenvalue weighted by molar-refractivity contribution is 0.314. The monoisotopic (exact) mass is 313 g/mol. The smallest absolute Gasteiger partial charge is 0.227 e. The summed E-state index contributed by atoms with van der Waals surface area (Å²) in [6.07, 6.45) is 4.65. The van der Waals surface area contributed by atoms with E-state index >= 15 is 0 Å². The fourth-order valence-electron chi connectivity index (χ4n) is 2.95. The molecule has 0 bridgehead atoms. The fourth-order valence-corrected chi connectivity index (χ4v) is 5.94. The van der Waals surface area contributed by atoms with Gasteiger partial charge >= 0.3 is 0 Å². The number of hydrogen-bond donors (Lipinski definition) is 1. The van der Waals surface area contributed by atoms with Crippen molar-refractivity contribution in [2.45, 2.75) is 43.1 Å². The Hall–Kier alpha value is -0.200. The largest absolute Gasteiger partial charge is 0.339 e. The number of nitrogens with zero attached hydrogens (tertiary/aromatic N) is 2. The molecule has 1 aromatic heterocycles. The predicted octanol–water partition coefficient (Wildman–Crippen LogP) is 2.91. The normalized spacial score (nSPS) is 31.4. The van der Waals surface area contributed by atoms with Gasteiger partial charge in [-0.15, -0.1) is 11.8 Å². The van der Waals surface area contributed by atoms with Crippen molar-refractivity contribution in [1.29, 1.82) is 0 Å². The molecule has 0 radical (unpaired) electrons. The lowest BCUT2D eigenvalue weighted by Crippen LogP contribution is -2.30. The van der Waals surface area contributed by atoms with Gasteiger partial charge in [0.25, 0.3) is 0 Å². The van der Waals surface area contributed by atoms with Gasteiger partial charge < -0.3 is 9.84 Å². The first-order valence-corrected chi connectivity index (χ1v) is 9.73. The maximum atomic E-state index is 5.50. The third kappa shape index (κ3) is 3.52. The Morgan fingerprint density at radius 3 is 3.05 bits per heavy atom. The molecule has 3 heterocycles. The van der Waals surface area contributed by atoms with E-state index in [1.807, 2.05) is 11.8 Å². The molecule has 0 aromatic carbocycles. The van der Waals surface area contributed by atoms with Crippen molar-refractivity contribution >= 4 is 23.5 Å². The van der Waals surface area contributed by atoms with Crippen LogP contribution in [0.5, 0.6) is 0 Å². The predicted molar refractivity (Wildman–Crippen MR) is 85.3 cm³/mol. The first kappa shape index (κ1) is 14.7. The fraction of sp³-hybridized carbons (Fsp3) is 0.857. The zero-order valence-corrected chi connectivity index (χ0v) is 13.6. The molecule has 3 rings (SSSR count). The molecule has 2 saturated heterocycles. The highest BCUT2D eigenvalue weighted by atomic mass is 32.2. The average molecular weight is 313 g/mol. The van der Waals surface area contributed by atoms with Crippen molar-refractivity contribution in [2.75, 3.05) is 24.6 Å². The molecule has 2 aliphatic heterocycles. The molecule has 112 valence electrons. The maximum Gasteiger partial charge on any atom is 0.227 e. The Bertz CT molecular complexity index is 420. The number of hydrogen-bond acceptors (Lipinski definition) is 6. The van der Waals surface area contributed by atoms with E-state index in [0.29, 0.717) is 16.4 Å². The van der Waals surface area contributed by atoms with Gasteiger partial charge in [0.1, 0.15) is 0 Å². The molecule has 0 saturated carbocycles. The minimum Gasteiger partial charge on any atom is -0.339 e. The highest BCUT2D eigenvalue weighted by Gasteiger charge is 2.30. The van der Waals surface area contributed by atoms with Gasteiger partial charge in [0.2, 0.25) is 5.89 Å². The van der Waals surface area contributed by atoms with Crippen LogP contribution in [0.1, 0.15) is 43.2 Å². The van der Waals surface area contributed by atoms with Crippen LogP contribution in [0, 0.1) is 5.92 Å². The Balaban J connectivity index is 1.63. The first-order valence-electron chi connectivity index (χ1n) is 7.63. The molecule has 0 amide bonds. The Labute approximate surface area is 129 Å². The SMILES string of the molecule is CCC1SCCSC1c1noc(CC2CCCNC2)n1. The van der Waals surface area contributed by atoms with E-state index in [2.05, 4.69) is 34.1 Å². The van der Waals surface area contributed by atoms with Crippen LogP contribution in [0.3, 0.4) is 0 Å². The third-order valence-corrected chi connectivity index (χ3v) is 7.30. The summed E-state index contributed by atoms with van der Waals surface area (Å²) in [6, 6.07) is 0. The zero-order chi connectivity index (χ0) is 13.8. The molecule has 3 unspecified atom stereocenters. The van der Waals surface area contributed by atoms with E-state index in [4.69, 9.17) is 4.52 Å². The van der Waals surface area contributed by atoms with Gasteiger partial charge in [-0.05, 0) is 38.3 Å². The summed E-state index contributed by atoms with van der Waals surface area (Å²) in [5.41, 5.74) is 0. The average Bonchev–Trinajstić information content (AvgIpc) is 2.96. The Morgan fingerprint density at radius 1 is 1.35 bits per heavy atom. The van der Waals surface area contributed by atoms with Gasteiger partial charge in [-0.3, -0.25) is 0 Å². The van der Waals surface area contributed by atoms with E-state index < -0.39 is 0 Å². The standard InChI is InChI=1S/C14H23N3OS2/c1-2-11-13(20-7-6-19-11)14-16-12(18-17-14)8-10-4-3-5-15-9-10/h10-11,13,15H,2-9H2,1H3. The van der Waals surface area contributed by atoms with Crippen molar-refractivity contribution in [3.8, 4) is 0 Å². The summed E-state index contributed by atoms with van der Waals surface area (Å²) in [6.45, 7) is 4.49. The van der Waals surface area contributed by atoms with Crippen molar-refractivity contribution in [3.05, 3.63) is 11.7 Å². The van der Waals surface area contributed by atoms with Crippen LogP contribution in [-0.4, -0.2) is 40.0 Å². The summed E-state index contributed by atoms with van der Waals surface area (Å²) in [5.74, 6) is 4.86. The van der Waals surface area contributed by atoms with E-state index in [9.17, 15) is 0 Å². The van der Waals surface area contributed by atoms with Gasteiger partial charge in [0.05, 0.1) is 5.25 Å². The molecule has 2 fully saturated rings. The van der Waals surface area contributed by atoms with Crippen LogP contribution in [0.4, 0.5) is 0 Å². The van der Waals surface area contributed by atoms with Gasteiger partial charge in [-0.1, -0.05) is 12.1 Å². The highest BCUT2D eigenvalue weighted by Crippen LogP contribution is 2.42. The summed E-state index contributed by atoms with van der Waals surface area (Å²) in [7, 11) is 0. The minimum atomic E-state index is 0.417. The summed E-state index contributed by atoms with van der Waals surface area (Å²) in [4.78, 5) is 4.69. The van der Waals surface area contributed by atoms with E-state index in [1.54, 1.807) is 0 Å². The number of thioether (sulfide) groups is 2. The molecular weight excluding hydrogens is 290 g/mol. The van der Waals surface area contributed by atoms with Crippen LogP contribution in [0.25, 0.3) is 0 Å². The second kappa shape index (κ2) is 7.18. The molecule has 3 atom stereocenters. The first-order chi connectivity index (χ1) is 9.86. The lowest BCUT2D eigenvalue weighted by atomic mass is 9.96. The van der Waals surface area contributed by atoms with E-state index in [0.717, 1.165) is 31.2 Å². The molecule has 1 aromatic rings. The zero-order valence-electron chi connectivity index (χ0n) is 12.0. The lowest BCUT2D eigenvalue weighted by Gasteiger charge is -2.27. The van der Waals surface area contributed by atoms with Crippen molar-refractivity contribution in [3.63, 3.8) is 0 Å². The van der Waals surface area contributed by atoms with Crippen molar-refractivity contribution in [2.24, 2.45) is 5.92 Å². The van der Waals surface area contributed by atoms with Crippen LogP contribution in [0.2, 0.25) is 0 Å². The van der Waals surface area contributed by atoms with Gasteiger partial charge in [0.15, 0.2) is 5.82 Å². The van der Waals surface area contributed by atoms with Gasteiger partial charge in [-0.2, -0.15) is 16.7 Å². The Morgan fingerprint density at radius 2 is 2.25 bits per heavy atom. The van der Waals surface area contributed by atoms with Crippen LogP contribution >= 0.6 is 23.5 Å². The number of rotatable bonds is 4. The van der Waals surface area contributed by atoms with Crippen LogP contribution in [0.15, 0.2) is 4.52 Å². The molecule has 2 aliphatic rings. The quantitative estimate of drug-likeness (QED) is 0.922. The van der Waals surface area contributed by atoms with E-state index in [-0.39, 0.29) is 0 Å². The van der Waals surface area contributed by atoms with Crippen LogP contribution in [-0.2, 0) is 6.42 Å². The van der Waals surface area contributed by atoms with E-state index in [1.165, 1.54) is 30.8 Å². The number of nitrogens with one attached hydrogen (secondary N) is 1. The Kier molecular flexibility index (Phi) is 5.29. The minimum absolute atomic E-state index is 0.417. The topological polar surface area (TPSA) is 51.0 Å². The molecule has 20 heavy (non-hydrogen) atoms. The summed E-state index contributed by atoms with van der Waals surface area (Å²) in [5, 5.41) is 8.76. The van der Waals surface area contributed by atoms with Gasteiger partial charge in [0, 0.05) is 23.2 Å². The molecular formula is C14H23N3OS2. The third-order valence-electron chi connectivity index (χ3n) is 4.05. The molecule has 4 nitrogen and oxygen atoms in total. The number of piperidine rings is 1. The second-order valence-electron chi connectivity index (χ2n) is 5.57. The molecule has 0 spiro atoms. The molecule has 6 heteroatoms. The number of aromatic nitrogens is 2. The van der Waals surface area contributed by atoms with Crippen molar-refractivity contribution in [1.82, 2.24) is 15.5 Å². The maximum absolute atomic E-state index is 5.50. The summed E-state index contributed by atoms with van der Waals surface area (Å²) >= 11 is 4.05.